The van der Waals surface area contributed by atoms with Crippen LogP contribution in [0.5, 0.6) is 0 Å². The second-order valence-electron chi connectivity index (χ2n) is 8.88. The Labute approximate surface area is 195 Å². The molecule has 0 atom stereocenters. The van der Waals surface area contributed by atoms with E-state index in [0.29, 0.717) is 12.4 Å². The van der Waals surface area contributed by atoms with E-state index in [0.717, 1.165) is 59.6 Å². The van der Waals surface area contributed by atoms with Gasteiger partial charge >= 0.3 is 195 Å². The molecule has 0 saturated heterocycles. The first kappa shape index (κ1) is 23.0. The van der Waals surface area contributed by atoms with E-state index < -0.39 is 0 Å². The van der Waals surface area contributed by atoms with Crippen molar-refractivity contribution in [3.8, 4) is 11.0 Å². The first-order chi connectivity index (χ1) is 16.1. The third kappa shape index (κ3) is 5.45. The summed E-state index contributed by atoms with van der Waals surface area (Å²) < 4.78 is 3.85. The third-order valence-corrected chi connectivity index (χ3v) is 6.44. The van der Waals surface area contributed by atoms with Crippen molar-refractivity contribution in [3.63, 3.8) is 0 Å². The Morgan fingerprint density at radius 3 is 2.73 bits per heavy atom. The molecular weight excluding hydrogens is 411 g/mol. The fraction of sp³-hybridized carbons (Fsp3) is 0.400. The van der Waals surface area contributed by atoms with Crippen LogP contribution in [0.15, 0.2) is 58.5 Å². The van der Waals surface area contributed by atoms with Crippen LogP contribution in [0.1, 0.15) is 55.8 Å². The summed E-state index contributed by atoms with van der Waals surface area (Å²) in [5.41, 5.74) is 7.76. The van der Waals surface area contributed by atoms with Gasteiger partial charge in [0, 0.05) is 0 Å². The average Bonchev–Trinajstić information content (AvgIpc) is 3.63. The van der Waals surface area contributed by atoms with Gasteiger partial charge in [0.2, 0.25) is 0 Å². The Morgan fingerprint density at radius 2 is 2.06 bits per heavy atom. The molecule has 7 nitrogen and oxygen atoms in total. The molecule has 33 heavy (non-hydrogen) atoms. The van der Waals surface area contributed by atoms with Crippen LogP contribution >= 0.6 is 0 Å². The van der Waals surface area contributed by atoms with Gasteiger partial charge in [-0.25, -0.2) is 0 Å². The molecule has 5 N–H and O–H groups in total. The molecule has 0 spiro atoms. The maximum absolute atomic E-state index is 13.1. The maximum atomic E-state index is 13.1. The molecule has 1 fully saturated rings. The molecule has 3 aromatic rings. The van der Waals surface area contributed by atoms with Gasteiger partial charge in [-0.1, -0.05) is 0 Å². The normalized spacial score (nSPS) is 13.8. The number of imidazole rings is 1. The molecule has 0 aliphatic heterocycles. The Balaban J connectivity index is 1.58. The molecule has 0 radical (unpaired) electrons. The minimum absolute atomic E-state index is 0.0986. The zero-order valence-electron chi connectivity index (χ0n) is 19.3. The summed E-state index contributed by atoms with van der Waals surface area (Å²) in [6.07, 6.45) is 8.99. The predicted molar refractivity (Wildman–Crippen MR) is 135 cm³/mol. The van der Waals surface area contributed by atoms with Gasteiger partial charge < -0.3 is 0 Å². The second kappa shape index (κ2) is 10.7. The van der Waals surface area contributed by atoms with Crippen molar-refractivity contribution in [2.24, 2.45) is 22.7 Å². The molecule has 2 heterocycles. The van der Waals surface area contributed by atoms with E-state index in [2.05, 4.69) is 48.7 Å². The summed E-state index contributed by atoms with van der Waals surface area (Å²) in [5.74, 6) is 14.4. The van der Waals surface area contributed by atoms with Crippen LogP contribution in [0.25, 0.3) is 11.0 Å². The summed E-state index contributed by atoms with van der Waals surface area (Å²) in [7, 11) is 0. The summed E-state index contributed by atoms with van der Waals surface area (Å²) >= 11 is 0. The average molecular weight is 444 g/mol. The second-order valence-corrected chi connectivity index (χ2v) is 8.88. The Bertz CT molecular complexity index is 1160. The summed E-state index contributed by atoms with van der Waals surface area (Å²) in [5, 5.41) is 3.75. The molecule has 4 rings (SSSR count). The van der Waals surface area contributed by atoms with E-state index >= 15 is 0 Å². The molecule has 2 aromatic heterocycles. The van der Waals surface area contributed by atoms with E-state index in [1.165, 1.54) is 19.3 Å². The molecule has 1 saturated carbocycles. The van der Waals surface area contributed by atoms with Crippen LogP contribution in [0, 0.1) is 5.92 Å². The number of hydrazone groups is 1. The van der Waals surface area contributed by atoms with Crippen molar-refractivity contribution < 1.29 is 0 Å². The molecule has 0 bridgehead atoms. The Kier molecular flexibility index (Phi) is 7.45. The first-order valence-corrected chi connectivity index (χ1v) is 11.9. The van der Waals surface area contributed by atoms with E-state index in [9.17, 15) is 4.79 Å². The van der Waals surface area contributed by atoms with Crippen molar-refractivity contribution in [2.45, 2.75) is 58.5 Å². The standard InChI is InChI=1S/C25H33BN6O/c1-2-3-14-31-17-20(12-10-18-8-9-18)32(25(31)33)16-19-11-13-23(26-15-19)21-6-4-5-7-22(21)24(29-27)30-28/h4-7,11,13,15,17-18H,2-3,8-10,12,14,16,27-28H2,1H3,(H,29,30). The van der Waals surface area contributed by atoms with Crippen molar-refractivity contribution in [2.75, 3.05) is 0 Å². The van der Waals surface area contributed by atoms with Crippen molar-refractivity contribution in [1.29, 1.82) is 0 Å². The van der Waals surface area contributed by atoms with Gasteiger partial charge in [0.15, 0.2) is 0 Å². The van der Waals surface area contributed by atoms with Gasteiger partial charge in [-0.15, -0.1) is 0 Å². The molecule has 8 heteroatoms. The molecule has 1 aromatic carbocycles. The number of nitrogens with zero attached hydrogens (tertiary/aromatic N) is 3. The van der Waals surface area contributed by atoms with E-state index in [4.69, 9.17) is 11.7 Å². The van der Waals surface area contributed by atoms with Crippen molar-refractivity contribution in [3.05, 3.63) is 75.9 Å². The summed E-state index contributed by atoms with van der Waals surface area (Å²) in [6, 6.07) is 12.0. The Morgan fingerprint density at radius 1 is 1.24 bits per heavy atom. The minimum atomic E-state index is 0.0986. The van der Waals surface area contributed by atoms with Crippen LogP contribution in [0.3, 0.4) is 0 Å². The molecule has 1 aliphatic rings. The zero-order chi connectivity index (χ0) is 23.2. The van der Waals surface area contributed by atoms with Gasteiger partial charge in [0.25, 0.3) is 0 Å². The zero-order valence-corrected chi connectivity index (χ0v) is 19.3. The fourth-order valence-corrected chi connectivity index (χ4v) is 4.30. The van der Waals surface area contributed by atoms with Gasteiger partial charge in [0.05, 0.1) is 0 Å². The van der Waals surface area contributed by atoms with Crippen molar-refractivity contribution >= 4 is 12.7 Å². The van der Waals surface area contributed by atoms with E-state index in [-0.39, 0.29) is 5.69 Å². The number of aromatic nitrogens is 2. The number of aryl methyl sites for hydroxylation is 2. The summed E-state index contributed by atoms with van der Waals surface area (Å²) in [4.78, 5) is 13.1. The molecule has 1 aliphatic carbocycles. The number of hydrazine groups is 1. The van der Waals surface area contributed by atoms with Gasteiger partial charge in [-0.3, -0.25) is 0 Å². The van der Waals surface area contributed by atoms with Gasteiger partial charge in [0.1, 0.15) is 0 Å². The number of hydrogen-bond acceptors (Lipinski definition) is 4. The SMILES string of the molecule is CCCCn1cc(CCC2CC2)n(Cc2cbc(-c3ccccc3/C(=N/N)NN)cc2)c1=O. The van der Waals surface area contributed by atoms with E-state index in [1.54, 1.807) is 0 Å². The number of amidine groups is 1. The number of benzene rings is 1. The third-order valence-electron chi connectivity index (χ3n) is 6.44. The molecule has 0 amide bonds. The quantitative estimate of drug-likeness (QED) is 0.194. The molecular formula is C25H33BN6O. The first-order valence-electron chi connectivity index (χ1n) is 11.9. The van der Waals surface area contributed by atoms with Gasteiger partial charge in [-0.05, 0) is 0 Å². The molecule has 172 valence electrons. The number of nitrogens with one attached hydrogen (secondary N) is 1. The fourth-order valence-electron chi connectivity index (χ4n) is 4.30. The van der Waals surface area contributed by atoms with E-state index in [1.807, 2.05) is 33.4 Å². The topological polar surface area (TPSA) is 103 Å². The number of nitrogens with two attached hydrogens (primary N) is 2. The van der Waals surface area contributed by atoms with Crippen molar-refractivity contribution in [1.82, 2.24) is 14.6 Å². The van der Waals surface area contributed by atoms with Crippen LogP contribution in [0.4, 0.5) is 0 Å². The molecule has 0 unspecified atom stereocenters. The number of hydrogen-bond donors (Lipinski definition) is 3. The predicted octanol–water partition coefficient (Wildman–Crippen LogP) is 2.93. The monoisotopic (exact) mass is 444 g/mol. The number of rotatable bonds is 10. The van der Waals surface area contributed by atoms with Crippen LogP contribution in [0.2, 0.25) is 0 Å². The van der Waals surface area contributed by atoms with Gasteiger partial charge in [-0.2, -0.15) is 0 Å². The van der Waals surface area contributed by atoms with Crippen LogP contribution in [-0.2, 0) is 19.5 Å². The summed E-state index contributed by atoms with van der Waals surface area (Å²) in [6.45, 7) is 5.60. The number of unbranched alkanes of at least 4 members (excludes halogenated alkanes) is 1. The van der Waals surface area contributed by atoms with Crippen LogP contribution < -0.4 is 22.8 Å². The van der Waals surface area contributed by atoms with Crippen LogP contribution in [-0.4, -0.2) is 21.9 Å². The Hall–Kier alpha value is -3.13.